The number of hydrogen-bond donors (Lipinski definition) is 1. The van der Waals surface area contributed by atoms with E-state index >= 15 is 0 Å². The number of rotatable bonds is 6. The van der Waals surface area contributed by atoms with Crippen molar-refractivity contribution in [2.24, 2.45) is 0 Å². The Morgan fingerprint density at radius 3 is 2.58 bits per heavy atom. The van der Waals surface area contributed by atoms with Gasteiger partial charge in [-0.1, -0.05) is 19.1 Å². The molecule has 5 heteroatoms. The van der Waals surface area contributed by atoms with Gasteiger partial charge in [0.15, 0.2) is 0 Å². The molecule has 0 amide bonds. The number of sulfonamides is 1. The van der Waals surface area contributed by atoms with Crippen molar-refractivity contribution in [2.45, 2.75) is 44.2 Å². The van der Waals surface area contributed by atoms with Crippen LogP contribution in [0.5, 0.6) is 0 Å². The van der Waals surface area contributed by atoms with E-state index in [0.29, 0.717) is 18.0 Å². The Bertz CT molecular complexity index is 551. The highest BCUT2D eigenvalue weighted by atomic mass is 32.2. The third-order valence-electron chi connectivity index (χ3n) is 3.49. The highest BCUT2D eigenvalue weighted by molar-refractivity contribution is 7.89. The van der Waals surface area contributed by atoms with Gasteiger partial charge in [-0.2, -0.15) is 4.31 Å². The molecule has 0 bridgehead atoms. The third-order valence-corrected chi connectivity index (χ3v) is 5.66. The molecule has 1 fully saturated rings. The molecule has 1 aromatic rings. The van der Waals surface area contributed by atoms with E-state index in [1.807, 2.05) is 33.0 Å². The van der Waals surface area contributed by atoms with Crippen molar-refractivity contribution in [3.63, 3.8) is 0 Å². The van der Waals surface area contributed by atoms with Gasteiger partial charge >= 0.3 is 0 Å². The molecule has 1 N–H and O–H groups in total. The van der Waals surface area contributed by atoms with E-state index in [4.69, 9.17) is 0 Å². The third kappa shape index (κ3) is 2.99. The van der Waals surface area contributed by atoms with Crippen molar-refractivity contribution in [1.29, 1.82) is 0 Å². The molecule has 1 aliphatic carbocycles. The van der Waals surface area contributed by atoms with Gasteiger partial charge in [0.1, 0.15) is 0 Å². The topological polar surface area (TPSA) is 49.4 Å². The molecule has 0 saturated heterocycles. The summed E-state index contributed by atoms with van der Waals surface area (Å²) in [5, 5.41) is 3.05. The summed E-state index contributed by atoms with van der Waals surface area (Å²) < 4.78 is 27.1. The molecule has 0 unspecified atom stereocenters. The molecule has 0 heterocycles. The summed E-state index contributed by atoms with van der Waals surface area (Å²) in [7, 11) is -1.50. The van der Waals surface area contributed by atoms with Crippen LogP contribution in [0.25, 0.3) is 0 Å². The lowest BCUT2D eigenvalue weighted by Gasteiger charge is -2.21. The van der Waals surface area contributed by atoms with Gasteiger partial charge in [0.05, 0.1) is 4.90 Å². The molecule has 19 heavy (non-hydrogen) atoms. The molecular formula is C14H22N2O2S. The van der Waals surface area contributed by atoms with Gasteiger partial charge in [0, 0.05) is 19.1 Å². The smallest absolute Gasteiger partial charge is 0.243 e. The van der Waals surface area contributed by atoms with Crippen molar-refractivity contribution in [2.75, 3.05) is 13.6 Å². The fourth-order valence-corrected chi connectivity index (χ4v) is 4.32. The van der Waals surface area contributed by atoms with Crippen LogP contribution in [0, 0.1) is 6.92 Å². The van der Waals surface area contributed by atoms with Gasteiger partial charge < -0.3 is 5.32 Å². The SMILES string of the molecule is CCN(C1CC1)S(=O)(=O)c1cc(CNC)ccc1C. The van der Waals surface area contributed by atoms with E-state index in [1.54, 1.807) is 10.4 Å². The highest BCUT2D eigenvalue weighted by Crippen LogP contribution is 2.32. The summed E-state index contributed by atoms with van der Waals surface area (Å²) in [6.07, 6.45) is 1.98. The average Bonchev–Trinajstić information content (AvgIpc) is 3.17. The van der Waals surface area contributed by atoms with Crippen molar-refractivity contribution >= 4 is 10.0 Å². The number of nitrogens with zero attached hydrogens (tertiary/aromatic N) is 1. The zero-order valence-electron chi connectivity index (χ0n) is 11.8. The van der Waals surface area contributed by atoms with Crippen LogP contribution in [-0.2, 0) is 16.6 Å². The lowest BCUT2D eigenvalue weighted by atomic mass is 10.1. The average molecular weight is 282 g/mol. The lowest BCUT2D eigenvalue weighted by molar-refractivity contribution is 0.420. The first-order chi connectivity index (χ1) is 9.00. The Morgan fingerprint density at radius 1 is 1.37 bits per heavy atom. The summed E-state index contributed by atoms with van der Waals surface area (Å²) >= 11 is 0. The summed E-state index contributed by atoms with van der Waals surface area (Å²) in [5.74, 6) is 0. The summed E-state index contributed by atoms with van der Waals surface area (Å²) in [6.45, 7) is 4.99. The second-order valence-electron chi connectivity index (χ2n) is 5.07. The van der Waals surface area contributed by atoms with Crippen molar-refractivity contribution in [3.05, 3.63) is 29.3 Å². The summed E-state index contributed by atoms with van der Waals surface area (Å²) in [4.78, 5) is 0.453. The van der Waals surface area contributed by atoms with Crippen LogP contribution >= 0.6 is 0 Å². The van der Waals surface area contributed by atoms with Gasteiger partial charge in [-0.15, -0.1) is 0 Å². The van der Waals surface area contributed by atoms with E-state index in [1.165, 1.54) is 0 Å². The number of benzene rings is 1. The second kappa shape index (κ2) is 5.61. The van der Waals surface area contributed by atoms with E-state index in [9.17, 15) is 8.42 Å². The fraction of sp³-hybridized carbons (Fsp3) is 0.571. The molecule has 0 spiro atoms. The molecular weight excluding hydrogens is 260 g/mol. The van der Waals surface area contributed by atoms with Gasteiger partial charge in [-0.05, 0) is 44.0 Å². The molecule has 0 aliphatic heterocycles. The molecule has 2 rings (SSSR count). The van der Waals surface area contributed by atoms with Crippen molar-refractivity contribution in [3.8, 4) is 0 Å². The molecule has 1 saturated carbocycles. The zero-order valence-corrected chi connectivity index (χ0v) is 12.6. The quantitative estimate of drug-likeness (QED) is 0.867. The van der Waals surface area contributed by atoms with Crippen LogP contribution in [0.4, 0.5) is 0 Å². The monoisotopic (exact) mass is 282 g/mol. The first-order valence-corrected chi connectivity index (χ1v) is 8.20. The standard InChI is InChI=1S/C14H22N2O2S/c1-4-16(13-7-8-13)19(17,18)14-9-12(10-15-3)6-5-11(14)2/h5-6,9,13,15H,4,7-8,10H2,1-3H3. The minimum absolute atomic E-state index is 0.211. The second-order valence-corrected chi connectivity index (χ2v) is 6.93. The number of aryl methyl sites for hydroxylation is 1. The molecule has 0 aromatic heterocycles. The Balaban J connectivity index is 2.40. The van der Waals surface area contributed by atoms with Crippen LogP contribution in [0.15, 0.2) is 23.1 Å². The Hall–Kier alpha value is -0.910. The highest BCUT2D eigenvalue weighted by Gasteiger charge is 2.37. The van der Waals surface area contributed by atoms with Crippen LogP contribution in [0.2, 0.25) is 0 Å². The normalized spacial score (nSPS) is 16.0. The van der Waals surface area contributed by atoms with Crippen LogP contribution in [0.3, 0.4) is 0 Å². The van der Waals surface area contributed by atoms with E-state index in [-0.39, 0.29) is 6.04 Å². The van der Waals surface area contributed by atoms with Crippen LogP contribution in [-0.4, -0.2) is 32.4 Å². The van der Waals surface area contributed by atoms with Gasteiger partial charge in [-0.25, -0.2) is 8.42 Å². The van der Waals surface area contributed by atoms with Crippen molar-refractivity contribution in [1.82, 2.24) is 9.62 Å². The van der Waals surface area contributed by atoms with E-state index in [2.05, 4.69) is 5.32 Å². The maximum atomic E-state index is 12.7. The van der Waals surface area contributed by atoms with Gasteiger partial charge in [0.2, 0.25) is 10.0 Å². The van der Waals surface area contributed by atoms with E-state index in [0.717, 1.165) is 24.0 Å². The molecule has 0 atom stereocenters. The van der Waals surface area contributed by atoms with Crippen LogP contribution < -0.4 is 5.32 Å². The minimum atomic E-state index is -3.35. The predicted octanol–water partition coefficient (Wildman–Crippen LogP) is 1.89. The minimum Gasteiger partial charge on any atom is -0.316 e. The number of nitrogens with one attached hydrogen (secondary N) is 1. The fourth-order valence-electron chi connectivity index (χ4n) is 2.35. The molecule has 0 radical (unpaired) electrons. The van der Waals surface area contributed by atoms with E-state index < -0.39 is 10.0 Å². The molecule has 1 aromatic carbocycles. The molecule has 1 aliphatic rings. The number of hydrogen-bond acceptors (Lipinski definition) is 3. The van der Waals surface area contributed by atoms with Gasteiger partial charge in [0.25, 0.3) is 0 Å². The Morgan fingerprint density at radius 2 is 2.05 bits per heavy atom. The zero-order chi connectivity index (χ0) is 14.0. The summed E-state index contributed by atoms with van der Waals surface area (Å²) in [6, 6.07) is 5.87. The Labute approximate surface area is 115 Å². The van der Waals surface area contributed by atoms with Gasteiger partial charge in [-0.3, -0.25) is 0 Å². The first-order valence-electron chi connectivity index (χ1n) is 6.76. The maximum Gasteiger partial charge on any atom is 0.243 e. The maximum absolute atomic E-state index is 12.7. The lowest BCUT2D eigenvalue weighted by Crippen LogP contribution is -2.33. The first kappa shape index (κ1) is 14.5. The Kier molecular flexibility index (Phi) is 4.28. The molecule has 106 valence electrons. The van der Waals surface area contributed by atoms with Crippen molar-refractivity contribution < 1.29 is 8.42 Å². The van der Waals surface area contributed by atoms with Crippen LogP contribution in [0.1, 0.15) is 30.9 Å². The predicted molar refractivity (Wildman–Crippen MR) is 76.5 cm³/mol. The largest absolute Gasteiger partial charge is 0.316 e. The molecule has 4 nitrogen and oxygen atoms in total. The summed E-state index contributed by atoms with van der Waals surface area (Å²) in [5.41, 5.74) is 1.82.